The van der Waals surface area contributed by atoms with Crippen LogP contribution in [0.15, 0.2) is 0 Å². The van der Waals surface area contributed by atoms with Gasteiger partial charge in [-0.05, 0) is 0 Å². The highest BCUT2D eigenvalue weighted by molar-refractivity contribution is 4.94. The molecule has 2 saturated heterocycles. The third kappa shape index (κ3) is 2.84. The number of hydrogen-bond acceptors (Lipinski definition) is 8. The van der Waals surface area contributed by atoms with E-state index in [1.54, 1.807) is 0 Å². The highest BCUT2D eigenvalue weighted by Gasteiger charge is 2.51. The first-order valence-corrected chi connectivity index (χ1v) is 4.43. The van der Waals surface area contributed by atoms with E-state index < -0.39 is 34.6 Å². The molecule has 2 aliphatic rings. The fraction of sp³-hybridized carbons (Fsp3) is 1.00. The van der Waals surface area contributed by atoms with Crippen molar-refractivity contribution < 1.29 is 43.2 Å². The van der Waals surface area contributed by atoms with E-state index in [1.807, 2.05) is 0 Å². The van der Waals surface area contributed by atoms with Gasteiger partial charge in [-0.3, -0.25) is 0 Å². The molecule has 0 aromatic heterocycles. The van der Waals surface area contributed by atoms with Crippen molar-refractivity contribution in [3.63, 3.8) is 0 Å². The van der Waals surface area contributed by atoms with Gasteiger partial charge in [-0.25, -0.2) is 0 Å². The molecule has 0 unspecified atom stereocenters. The van der Waals surface area contributed by atoms with Gasteiger partial charge in [0.05, 0.1) is 13.2 Å². The van der Waals surface area contributed by atoms with Crippen molar-refractivity contribution in [2.75, 3.05) is 13.2 Å². The molecule has 2 fully saturated rings. The van der Waals surface area contributed by atoms with Crippen molar-refractivity contribution in [2.24, 2.45) is 0 Å². The average molecular weight is 273 g/mol. The van der Waals surface area contributed by atoms with Gasteiger partial charge in [0.1, 0.15) is 12.2 Å². The normalized spacial score (nSPS) is 34.6. The van der Waals surface area contributed by atoms with Crippen molar-refractivity contribution in [3.8, 4) is 0 Å². The van der Waals surface area contributed by atoms with Gasteiger partial charge in [0.25, 0.3) is 10.2 Å². The van der Waals surface area contributed by atoms with Gasteiger partial charge >= 0.3 is 1.43 Å². The summed E-state index contributed by atoms with van der Waals surface area (Å²) in [5.74, 6) is 0. The molecule has 0 aromatic rings. The number of nitrogens with zero attached hydrogens (tertiary/aromatic N) is 2. The molecule has 0 bridgehead atoms. The Labute approximate surface area is 102 Å². The number of rotatable bonds is 4. The minimum atomic E-state index is -0.943. The Morgan fingerprint density at radius 2 is 1.35 bits per heavy atom. The first kappa shape index (κ1) is 13.7. The van der Waals surface area contributed by atoms with Crippen molar-refractivity contribution >= 4 is 0 Å². The minimum Gasteiger partial charge on any atom is -1.00 e. The molecule has 17 heavy (non-hydrogen) atoms. The zero-order valence-corrected chi connectivity index (χ0v) is 9.02. The van der Waals surface area contributed by atoms with Crippen LogP contribution in [0.1, 0.15) is 1.43 Å². The van der Waals surface area contributed by atoms with Gasteiger partial charge in [0.2, 0.25) is 0 Å². The standard InChI is InChI=1S/C6H8N2O8.ClH/c9-7(10)15-3-1-13-6-4(16-8(11)12)2-14-5(3)6;/h3-6H,1-2H2;1H/t3-,4+,5-,6-;/m1./s1. The summed E-state index contributed by atoms with van der Waals surface area (Å²) in [6.07, 6.45) is -3.12. The second kappa shape index (κ2) is 5.29. The smallest absolute Gasteiger partial charge is 1.00 e. The van der Waals surface area contributed by atoms with E-state index in [0.29, 0.717) is 0 Å². The summed E-state index contributed by atoms with van der Waals surface area (Å²) >= 11 is 0. The van der Waals surface area contributed by atoms with Gasteiger partial charge in [-0.1, -0.05) is 0 Å². The van der Waals surface area contributed by atoms with Gasteiger partial charge in [-0.15, -0.1) is 20.2 Å². The average Bonchev–Trinajstić information content (AvgIpc) is 2.70. The molecule has 2 aliphatic heterocycles. The van der Waals surface area contributed by atoms with Crippen molar-refractivity contribution in [2.45, 2.75) is 24.4 Å². The molecule has 0 radical (unpaired) electrons. The number of hydrogen-bond donors (Lipinski definition) is 0. The van der Waals surface area contributed by atoms with Gasteiger partial charge in [-0.2, -0.15) is 0 Å². The van der Waals surface area contributed by atoms with Crippen LogP contribution < -0.4 is 12.4 Å². The maximum Gasteiger partial charge on any atom is 1.00 e. The maximum absolute atomic E-state index is 10.1. The third-order valence-corrected chi connectivity index (χ3v) is 2.41. The van der Waals surface area contributed by atoms with E-state index in [4.69, 9.17) is 9.47 Å². The Morgan fingerprint density at radius 3 is 1.65 bits per heavy atom. The summed E-state index contributed by atoms with van der Waals surface area (Å²) in [5, 5.41) is 18.4. The summed E-state index contributed by atoms with van der Waals surface area (Å²) in [7, 11) is 0. The van der Waals surface area contributed by atoms with E-state index in [0.717, 1.165) is 0 Å². The van der Waals surface area contributed by atoms with Crippen LogP contribution in [-0.2, 0) is 19.1 Å². The number of halogens is 1. The second-order valence-corrected chi connectivity index (χ2v) is 3.33. The number of ether oxygens (including phenoxy) is 2. The molecular formula is C6H9ClN2O8. The molecule has 0 spiro atoms. The van der Waals surface area contributed by atoms with Crippen LogP contribution in [0.5, 0.6) is 0 Å². The summed E-state index contributed by atoms with van der Waals surface area (Å²) < 4.78 is 10.2. The molecule has 11 heteroatoms. The molecular weight excluding hydrogens is 264 g/mol. The quantitative estimate of drug-likeness (QED) is 0.375. The van der Waals surface area contributed by atoms with E-state index in [-0.39, 0.29) is 27.0 Å². The molecule has 0 N–H and O–H groups in total. The molecule has 98 valence electrons. The van der Waals surface area contributed by atoms with E-state index in [9.17, 15) is 20.2 Å². The van der Waals surface area contributed by atoms with E-state index in [2.05, 4.69) is 9.68 Å². The zero-order chi connectivity index (χ0) is 11.7. The highest BCUT2D eigenvalue weighted by Crippen LogP contribution is 2.30. The highest BCUT2D eigenvalue weighted by atomic mass is 35.5. The summed E-state index contributed by atoms with van der Waals surface area (Å²) in [4.78, 5) is 28.9. The summed E-state index contributed by atoms with van der Waals surface area (Å²) in [6, 6.07) is 0. The van der Waals surface area contributed by atoms with Crippen molar-refractivity contribution in [3.05, 3.63) is 20.2 Å². The van der Waals surface area contributed by atoms with E-state index >= 15 is 0 Å². The van der Waals surface area contributed by atoms with Gasteiger partial charge in [0, 0.05) is 0 Å². The van der Waals surface area contributed by atoms with Crippen molar-refractivity contribution in [1.82, 2.24) is 0 Å². The minimum absolute atomic E-state index is 0. The lowest BCUT2D eigenvalue weighted by molar-refractivity contribution is -0.769. The van der Waals surface area contributed by atoms with E-state index in [1.165, 1.54) is 0 Å². The maximum atomic E-state index is 10.1. The molecule has 2 rings (SSSR count). The second-order valence-electron chi connectivity index (χ2n) is 3.33. The van der Waals surface area contributed by atoms with Crippen LogP contribution in [0.4, 0.5) is 0 Å². The Bertz CT molecular complexity index is 290. The predicted molar refractivity (Wildman–Crippen MR) is 44.3 cm³/mol. The lowest BCUT2D eigenvalue weighted by atomic mass is 10.1. The third-order valence-electron chi connectivity index (χ3n) is 2.41. The monoisotopic (exact) mass is 272 g/mol. The Balaban J connectivity index is 0.00000144. The van der Waals surface area contributed by atoms with Gasteiger partial charge in [0.15, 0.2) is 12.2 Å². The first-order valence-electron chi connectivity index (χ1n) is 4.43. The summed E-state index contributed by atoms with van der Waals surface area (Å²) in [5.41, 5.74) is 0. The van der Waals surface area contributed by atoms with Crippen LogP contribution >= 0.6 is 0 Å². The van der Waals surface area contributed by atoms with Crippen LogP contribution in [0.25, 0.3) is 0 Å². The molecule has 2 heterocycles. The predicted octanol–water partition coefficient (Wildman–Crippen LogP) is -3.95. The molecule has 10 nitrogen and oxygen atoms in total. The zero-order valence-electron chi connectivity index (χ0n) is 9.26. The van der Waals surface area contributed by atoms with Crippen LogP contribution in [0, 0.1) is 20.2 Å². The fourth-order valence-corrected chi connectivity index (χ4v) is 1.83. The fourth-order valence-electron chi connectivity index (χ4n) is 1.83. The SMILES string of the molecule is O=[N+]([O-])O[C@H]1CO[C@H]2[C@@H]1OC[C@H]2O[N+](=O)[O-].[Cl-].[H+]. The van der Waals surface area contributed by atoms with Crippen molar-refractivity contribution in [1.29, 1.82) is 0 Å². The lowest BCUT2D eigenvalue weighted by Crippen LogP contribution is -3.00. The van der Waals surface area contributed by atoms with Crippen LogP contribution in [-0.4, -0.2) is 47.8 Å². The topological polar surface area (TPSA) is 123 Å². The lowest BCUT2D eigenvalue weighted by Gasteiger charge is -2.13. The Hall–Kier alpha value is -1.39. The molecule has 0 amide bonds. The van der Waals surface area contributed by atoms with Crippen LogP contribution in [0.3, 0.4) is 0 Å². The molecule has 0 aromatic carbocycles. The first-order chi connectivity index (χ1) is 7.58. The molecule has 0 aliphatic carbocycles. The van der Waals surface area contributed by atoms with Crippen LogP contribution in [0.2, 0.25) is 0 Å². The molecule has 4 atom stereocenters. The van der Waals surface area contributed by atoms with Gasteiger partial charge < -0.3 is 31.6 Å². The largest absolute Gasteiger partial charge is 1.00 e. The Kier molecular flexibility index (Phi) is 4.26. The Morgan fingerprint density at radius 1 is 1.00 bits per heavy atom. The number of fused-ring (bicyclic) bond motifs is 1. The molecule has 0 saturated carbocycles. The summed E-state index contributed by atoms with van der Waals surface area (Å²) in [6.45, 7) is -0.0955.